The smallest absolute Gasteiger partial charge is 0.271 e. The summed E-state index contributed by atoms with van der Waals surface area (Å²) in [7, 11) is -2.20. The van der Waals surface area contributed by atoms with Gasteiger partial charge in [0, 0.05) is 33.2 Å². The number of amides is 1. The fourth-order valence-corrected chi connectivity index (χ4v) is 5.76. The highest BCUT2D eigenvalue weighted by Gasteiger charge is 2.43. The second-order valence-corrected chi connectivity index (χ2v) is 8.97. The highest BCUT2D eigenvalue weighted by atomic mass is 32.2. The van der Waals surface area contributed by atoms with Gasteiger partial charge in [0.2, 0.25) is 10.0 Å². The summed E-state index contributed by atoms with van der Waals surface area (Å²) in [6.45, 7) is 1.41. The van der Waals surface area contributed by atoms with E-state index in [1.54, 1.807) is 36.3 Å². The van der Waals surface area contributed by atoms with E-state index in [4.69, 9.17) is 9.47 Å². The number of rotatable bonds is 4. The number of benzene rings is 1. The van der Waals surface area contributed by atoms with Crippen molar-refractivity contribution in [1.82, 2.24) is 19.2 Å². The zero-order chi connectivity index (χ0) is 20.4. The number of imidazole rings is 1. The molecule has 1 N–H and O–H groups in total. The molecule has 2 atom stereocenters. The molecule has 1 amide bonds. The van der Waals surface area contributed by atoms with Crippen molar-refractivity contribution in [1.29, 1.82) is 0 Å². The van der Waals surface area contributed by atoms with Crippen LogP contribution in [-0.2, 0) is 14.8 Å². The Morgan fingerprint density at radius 2 is 2.10 bits per heavy atom. The van der Waals surface area contributed by atoms with Gasteiger partial charge >= 0.3 is 0 Å². The maximum absolute atomic E-state index is 13.4. The van der Waals surface area contributed by atoms with Crippen molar-refractivity contribution >= 4 is 15.9 Å². The number of hydrogen-bond acceptors (Lipinski definition) is 6. The quantitative estimate of drug-likeness (QED) is 0.795. The number of aromatic amines is 1. The van der Waals surface area contributed by atoms with Crippen LogP contribution in [0.2, 0.25) is 0 Å². The number of nitrogens with zero attached hydrogens (tertiary/aromatic N) is 3. The van der Waals surface area contributed by atoms with Crippen molar-refractivity contribution in [2.75, 3.05) is 33.4 Å². The number of nitrogens with one attached hydrogen (secondary N) is 1. The summed E-state index contributed by atoms with van der Waals surface area (Å²) >= 11 is 0. The number of likely N-dealkylation sites (tertiary alicyclic amines) is 1. The number of carbonyl (C=O) groups excluding carboxylic acids is 1. The second kappa shape index (κ2) is 8.13. The SMILES string of the molecule is COCCN1[C@@H]2CCN(C(=O)c3cnc[nH]3)CC[C@H]2Oc2ccccc2S1(=O)=O. The third kappa shape index (κ3) is 3.75. The minimum Gasteiger partial charge on any atom is -0.487 e. The molecule has 1 fully saturated rings. The first kappa shape index (κ1) is 19.9. The molecule has 2 aliphatic heterocycles. The van der Waals surface area contributed by atoms with Crippen LogP contribution in [0.15, 0.2) is 41.7 Å². The molecule has 0 saturated carbocycles. The predicted molar refractivity (Wildman–Crippen MR) is 104 cm³/mol. The van der Waals surface area contributed by atoms with Gasteiger partial charge in [-0.2, -0.15) is 4.31 Å². The summed E-state index contributed by atoms with van der Waals surface area (Å²) in [5.74, 6) is 0.210. The van der Waals surface area contributed by atoms with Crippen LogP contribution in [0.4, 0.5) is 0 Å². The standard InChI is InChI=1S/C19H24N4O5S/c1-27-11-10-23-15-6-8-22(19(24)14-12-20-13-21-14)9-7-16(15)28-17-4-2-3-5-18(17)29(23,25)26/h2-5,12-13,15-16H,6-11H2,1H3,(H,20,21)/t15-,16-/m1/s1. The highest BCUT2D eigenvalue weighted by molar-refractivity contribution is 7.89. The van der Waals surface area contributed by atoms with Crippen molar-refractivity contribution in [3.8, 4) is 5.75 Å². The molecule has 156 valence electrons. The summed E-state index contributed by atoms with van der Waals surface area (Å²) in [6.07, 6.45) is 3.60. The molecule has 1 saturated heterocycles. The Kier molecular flexibility index (Phi) is 5.57. The van der Waals surface area contributed by atoms with Gasteiger partial charge in [-0.05, 0) is 18.6 Å². The monoisotopic (exact) mass is 420 g/mol. The van der Waals surface area contributed by atoms with Gasteiger partial charge in [0.25, 0.3) is 5.91 Å². The van der Waals surface area contributed by atoms with Crippen LogP contribution in [0.5, 0.6) is 5.75 Å². The molecule has 0 unspecified atom stereocenters. The van der Waals surface area contributed by atoms with Crippen LogP contribution in [0, 0.1) is 0 Å². The first-order valence-electron chi connectivity index (χ1n) is 9.56. The summed E-state index contributed by atoms with van der Waals surface area (Å²) in [5.41, 5.74) is 0.419. The van der Waals surface area contributed by atoms with Crippen molar-refractivity contribution in [3.05, 3.63) is 42.5 Å². The van der Waals surface area contributed by atoms with E-state index in [0.717, 1.165) is 0 Å². The number of ether oxygens (including phenoxy) is 2. The number of H-pyrrole nitrogens is 1. The highest BCUT2D eigenvalue weighted by Crippen LogP contribution is 2.36. The van der Waals surface area contributed by atoms with Crippen molar-refractivity contribution < 1.29 is 22.7 Å². The second-order valence-electron chi connectivity index (χ2n) is 7.11. The molecular weight excluding hydrogens is 396 g/mol. The number of para-hydroxylation sites is 1. The van der Waals surface area contributed by atoms with E-state index in [9.17, 15) is 13.2 Å². The van der Waals surface area contributed by atoms with E-state index >= 15 is 0 Å². The number of methoxy groups -OCH3 is 1. The van der Waals surface area contributed by atoms with E-state index in [1.807, 2.05) is 0 Å². The molecule has 3 heterocycles. The van der Waals surface area contributed by atoms with Crippen LogP contribution in [0.25, 0.3) is 0 Å². The molecule has 0 spiro atoms. The summed E-state index contributed by atoms with van der Waals surface area (Å²) in [5, 5.41) is 0. The lowest BCUT2D eigenvalue weighted by molar-refractivity contribution is 0.0750. The number of sulfonamides is 1. The maximum atomic E-state index is 13.4. The molecule has 0 aliphatic carbocycles. The van der Waals surface area contributed by atoms with Gasteiger partial charge in [-0.1, -0.05) is 12.1 Å². The molecule has 0 bridgehead atoms. The Bertz CT molecular complexity index is 963. The van der Waals surface area contributed by atoms with Crippen molar-refractivity contribution in [3.63, 3.8) is 0 Å². The third-order valence-corrected chi connectivity index (χ3v) is 7.39. The van der Waals surface area contributed by atoms with Crippen LogP contribution in [0.1, 0.15) is 23.3 Å². The van der Waals surface area contributed by atoms with E-state index in [0.29, 0.717) is 37.4 Å². The topological polar surface area (TPSA) is 105 Å². The lowest BCUT2D eigenvalue weighted by Crippen LogP contribution is -2.48. The Morgan fingerprint density at radius 3 is 2.86 bits per heavy atom. The lowest BCUT2D eigenvalue weighted by atomic mass is 10.1. The van der Waals surface area contributed by atoms with Gasteiger partial charge in [-0.15, -0.1) is 0 Å². The predicted octanol–water partition coefficient (Wildman–Crippen LogP) is 1.11. The average Bonchev–Trinajstić information content (AvgIpc) is 3.15. The molecule has 2 aromatic rings. The number of hydrogen-bond donors (Lipinski definition) is 1. The van der Waals surface area contributed by atoms with E-state index in [1.165, 1.54) is 16.8 Å². The third-order valence-electron chi connectivity index (χ3n) is 5.42. The summed E-state index contributed by atoms with van der Waals surface area (Å²) in [6, 6.07) is 6.33. The largest absolute Gasteiger partial charge is 0.487 e. The molecule has 29 heavy (non-hydrogen) atoms. The zero-order valence-corrected chi connectivity index (χ0v) is 17.0. The Morgan fingerprint density at radius 1 is 1.31 bits per heavy atom. The summed E-state index contributed by atoms with van der Waals surface area (Å²) in [4.78, 5) is 21.4. The Labute approximate surface area is 169 Å². The van der Waals surface area contributed by atoms with Gasteiger partial charge in [0.1, 0.15) is 22.4 Å². The Hall–Kier alpha value is -2.43. The maximum Gasteiger partial charge on any atom is 0.271 e. The van der Waals surface area contributed by atoms with Gasteiger partial charge in [0.15, 0.2) is 0 Å². The average molecular weight is 420 g/mol. The van der Waals surface area contributed by atoms with E-state index < -0.39 is 10.0 Å². The van der Waals surface area contributed by atoms with Crippen molar-refractivity contribution in [2.24, 2.45) is 0 Å². The van der Waals surface area contributed by atoms with Crippen LogP contribution in [0.3, 0.4) is 0 Å². The lowest BCUT2D eigenvalue weighted by Gasteiger charge is -2.31. The minimum atomic E-state index is -3.75. The first-order chi connectivity index (χ1) is 14.0. The number of aromatic nitrogens is 2. The molecule has 1 aromatic carbocycles. The van der Waals surface area contributed by atoms with Gasteiger partial charge in [-0.25, -0.2) is 13.4 Å². The summed E-state index contributed by atoms with van der Waals surface area (Å²) < 4.78 is 39.6. The van der Waals surface area contributed by atoms with E-state index in [2.05, 4.69) is 9.97 Å². The molecular formula is C19H24N4O5S. The van der Waals surface area contributed by atoms with Crippen LogP contribution >= 0.6 is 0 Å². The fraction of sp³-hybridized carbons (Fsp3) is 0.474. The number of carbonyl (C=O) groups is 1. The fourth-order valence-electron chi connectivity index (χ4n) is 3.97. The van der Waals surface area contributed by atoms with Crippen LogP contribution < -0.4 is 4.74 Å². The van der Waals surface area contributed by atoms with Crippen molar-refractivity contribution in [2.45, 2.75) is 29.9 Å². The van der Waals surface area contributed by atoms with E-state index in [-0.39, 0.29) is 36.1 Å². The molecule has 0 radical (unpaired) electrons. The Balaban J connectivity index is 1.66. The van der Waals surface area contributed by atoms with Gasteiger partial charge in [0.05, 0.1) is 25.2 Å². The molecule has 9 nitrogen and oxygen atoms in total. The molecule has 4 rings (SSSR count). The normalized spacial score (nSPS) is 24.0. The van der Waals surface area contributed by atoms with Crippen LogP contribution in [-0.4, -0.2) is 79.0 Å². The molecule has 1 aromatic heterocycles. The molecule has 2 aliphatic rings. The molecule has 10 heteroatoms. The zero-order valence-electron chi connectivity index (χ0n) is 16.2. The first-order valence-corrected chi connectivity index (χ1v) is 11.0. The van der Waals surface area contributed by atoms with Gasteiger partial charge < -0.3 is 19.4 Å². The number of fused-ring (bicyclic) bond motifs is 2. The van der Waals surface area contributed by atoms with Gasteiger partial charge in [-0.3, -0.25) is 4.79 Å². The minimum absolute atomic E-state index is 0.148.